The molecule has 2 amide bonds. The van der Waals surface area contributed by atoms with Gasteiger partial charge in [-0.15, -0.1) is 0 Å². The van der Waals surface area contributed by atoms with E-state index in [0.29, 0.717) is 13.0 Å². The molecular formula is C14H18FN3O2. The molecule has 108 valence electrons. The summed E-state index contributed by atoms with van der Waals surface area (Å²) in [5.41, 5.74) is 5.62. The maximum atomic E-state index is 13.5. The van der Waals surface area contributed by atoms with E-state index in [1.54, 1.807) is 7.05 Å². The van der Waals surface area contributed by atoms with Gasteiger partial charge in [-0.25, -0.2) is 4.39 Å². The maximum Gasteiger partial charge on any atom is 0.254 e. The van der Waals surface area contributed by atoms with Crippen molar-refractivity contribution < 1.29 is 14.0 Å². The molecule has 20 heavy (non-hydrogen) atoms. The predicted octanol–water partition coefficient (Wildman–Crippen LogP) is 1.15. The molecule has 0 bridgehead atoms. The van der Waals surface area contributed by atoms with Crippen molar-refractivity contribution in [2.75, 3.05) is 19.3 Å². The van der Waals surface area contributed by atoms with E-state index in [1.165, 1.54) is 17.0 Å². The molecule has 2 rings (SSSR count). The molecule has 1 atom stereocenters. The van der Waals surface area contributed by atoms with Gasteiger partial charge in [0.05, 0.1) is 5.69 Å². The number of nitrogens with one attached hydrogen (secondary N) is 1. The van der Waals surface area contributed by atoms with Gasteiger partial charge in [-0.3, -0.25) is 9.59 Å². The van der Waals surface area contributed by atoms with E-state index in [4.69, 9.17) is 5.73 Å². The summed E-state index contributed by atoms with van der Waals surface area (Å²) in [4.78, 5) is 25.8. The molecule has 1 saturated heterocycles. The average Bonchev–Trinajstić information content (AvgIpc) is 2.48. The van der Waals surface area contributed by atoms with Crippen molar-refractivity contribution in [2.45, 2.75) is 25.3 Å². The van der Waals surface area contributed by atoms with Gasteiger partial charge in [-0.2, -0.15) is 0 Å². The number of anilines is 1. The van der Waals surface area contributed by atoms with Crippen molar-refractivity contribution in [3.8, 4) is 0 Å². The van der Waals surface area contributed by atoms with Crippen molar-refractivity contribution in [3.63, 3.8) is 0 Å². The summed E-state index contributed by atoms with van der Waals surface area (Å²) in [6.45, 7) is 0.503. The first-order valence-electron chi connectivity index (χ1n) is 6.62. The number of carbonyl (C=O) groups excluding carboxylic acids is 2. The number of piperidine rings is 1. The van der Waals surface area contributed by atoms with E-state index in [9.17, 15) is 14.0 Å². The first-order chi connectivity index (χ1) is 9.54. The van der Waals surface area contributed by atoms with Gasteiger partial charge in [0.15, 0.2) is 0 Å². The molecule has 5 nitrogen and oxygen atoms in total. The van der Waals surface area contributed by atoms with E-state index in [1.807, 2.05) is 0 Å². The Morgan fingerprint density at radius 3 is 2.80 bits per heavy atom. The monoisotopic (exact) mass is 279 g/mol. The second kappa shape index (κ2) is 5.90. The molecule has 0 spiro atoms. The number of halogens is 1. The van der Waals surface area contributed by atoms with E-state index in [2.05, 4.69) is 5.32 Å². The Bertz CT molecular complexity index is 533. The summed E-state index contributed by atoms with van der Waals surface area (Å²) in [6.07, 6.45) is 2.37. The van der Waals surface area contributed by atoms with Crippen LogP contribution in [0.15, 0.2) is 18.2 Å². The third-order valence-electron chi connectivity index (χ3n) is 3.56. The van der Waals surface area contributed by atoms with Crippen LogP contribution in [0.2, 0.25) is 0 Å². The Kier molecular flexibility index (Phi) is 4.22. The van der Waals surface area contributed by atoms with Crippen LogP contribution in [-0.2, 0) is 4.79 Å². The largest absolute Gasteiger partial charge is 0.396 e. The number of nitrogens with two attached hydrogens (primary N) is 1. The third-order valence-corrected chi connectivity index (χ3v) is 3.56. The van der Waals surface area contributed by atoms with Crippen LogP contribution in [-0.4, -0.2) is 36.3 Å². The lowest BCUT2D eigenvalue weighted by molar-refractivity contribution is -0.126. The quantitative estimate of drug-likeness (QED) is 0.797. The van der Waals surface area contributed by atoms with Gasteiger partial charge >= 0.3 is 0 Å². The van der Waals surface area contributed by atoms with E-state index < -0.39 is 11.9 Å². The standard InChI is InChI=1S/C14H18FN3O2/c1-17-13(19)12-4-2-3-7-18(12)14(20)9-5-6-11(16)10(15)8-9/h5-6,8,12H,2-4,7,16H2,1H3,(H,17,19). The van der Waals surface area contributed by atoms with Gasteiger partial charge in [0.2, 0.25) is 5.91 Å². The molecular weight excluding hydrogens is 261 g/mol. The van der Waals surface area contributed by atoms with Crippen molar-refractivity contribution in [2.24, 2.45) is 0 Å². The Hall–Kier alpha value is -2.11. The van der Waals surface area contributed by atoms with E-state index >= 15 is 0 Å². The third kappa shape index (κ3) is 2.74. The van der Waals surface area contributed by atoms with Crippen LogP contribution in [0.3, 0.4) is 0 Å². The van der Waals surface area contributed by atoms with E-state index in [-0.39, 0.29) is 23.1 Å². The predicted molar refractivity (Wildman–Crippen MR) is 73.6 cm³/mol. The van der Waals surface area contributed by atoms with Crippen LogP contribution in [0.1, 0.15) is 29.6 Å². The number of nitrogen functional groups attached to an aromatic ring is 1. The number of hydrogen-bond donors (Lipinski definition) is 2. The summed E-state index contributed by atoms with van der Waals surface area (Å²) >= 11 is 0. The number of likely N-dealkylation sites (N-methyl/N-ethyl adjacent to an activating group) is 1. The van der Waals surface area contributed by atoms with Crippen molar-refractivity contribution >= 4 is 17.5 Å². The fourth-order valence-electron chi connectivity index (χ4n) is 2.44. The number of carbonyl (C=O) groups is 2. The molecule has 0 saturated carbocycles. The highest BCUT2D eigenvalue weighted by Crippen LogP contribution is 2.21. The van der Waals surface area contributed by atoms with Crippen LogP contribution in [0.5, 0.6) is 0 Å². The minimum absolute atomic E-state index is 0.00282. The summed E-state index contributed by atoms with van der Waals surface area (Å²) in [6, 6.07) is 3.48. The van der Waals surface area contributed by atoms with Crippen molar-refractivity contribution in [3.05, 3.63) is 29.6 Å². The van der Waals surface area contributed by atoms with Crippen molar-refractivity contribution in [1.82, 2.24) is 10.2 Å². The SMILES string of the molecule is CNC(=O)C1CCCCN1C(=O)c1ccc(N)c(F)c1. The van der Waals surface area contributed by atoms with E-state index in [0.717, 1.165) is 18.9 Å². The zero-order valence-electron chi connectivity index (χ0n) is 11.4. The molecule has 0 aliphatic carbocycles. The van der Waals surface area contributed by atoms with Gasteiger partial charge in [0.1, 0.15) is 11.9 Å². The number of benzene rings is 1. The highest BCUT2D eigenvalue weighted by Gasteiger charge is 2.32. The van der Waals surface area contributed by atoms with Gasteiger partial charge in [0.25, 0.3) is 5.91 Å². The number of rotatable bonds is 2. The molecule has 6 heteroatoms. The zero-order valence-corrected chi connectivity index (χ0v) is 11.4. The van der Waals surface area contributed by atoms with Crippen LogP contribution in [0.4, 0.5) is 10.1 Å². The lowest BCUT2D eigenvalue weighted by Gasteiger charge is -2.34. The van der Waals surface area contributed by atoms with Crippen LogP contribution >= 0.6 is 0 Å². The van der Waals surface area contributed by atoms with Crippen LogP contribution in [0, 0.1) is 5.82 Å². The molecule has 1 heterocycles. The molecule has 1 aromatic rings. The molecule has 1 unspecified atom stereocenters. The lowest BCUT2D eigenvalue weighted by atomic mass is 10.00. The second-order valence-electron chi connectivity index (χ2n) is 4.86. The number of hydrogen-bond acceptors (Lipinski definition) is 3. The summed E-state index contributed by atoms with van der Waals surface area (Å²) in [5.74, 6) is -1.14. The molecule has 1 fully saturated rings. The highest BCUT2D eigenvalue weighted by molar-refractivity contribution is 5.98. The minimum Gasteiger partial charge on any atom is -0.396 e. The molecule has 1 aromatic carbocycles. The lowest BCUT2D eigenvalue weighted by Crippen LogP contribution is -2.51. The first-order valence-corrected chi connectivity index (χ1v) is 6.62. The number of likely N-dealkylation sites (tertiary alicyclic amines) is 1. The molecule has 1 aliphatic rings. The second-order valence-corrected chi connectivity index (χ2v) is 4.86. The normalized spacial score (nSPS) is 18.7. The Morgan fingerprint density at radius 1 is 1.40 bits per heavy atom. The number of nitrogens with zero attached hydrogens (tertiary/aromatic N) is 1. The average molecular weight is 279 g/mol. The Balaban J connectivity index is 2.25. The van der Waals surface area contributed by atoms with Crippen LogP contribution < -0.4 is 11.1 Å². The van der Waals surface area contributed by atoms with Crippen molar-refractivity contribution in [1.29, 1.82) is 0 Å². The topological polar surface area (TPSA) is 75.4 Å². The highest BCUT2D eigenvalue weighted by atomic mass is 19.1. The van der Waals surface area contributed by atoms with Gasteiger partial charge in [-0.1, -0.05) is 0 Å². The minimum atomic E-state index is -0.621. The fourth-order valence-corrected chi connectivity index (χ4v) is 2.44. The molecule has 0 radical (unpaired) electrons. The van der Waals surface area contributed by atoms with Gasteiger partial charge in [-0.05, 0) is 37.5 Å². The summed E-state index contributed by atoms with van der Waals surface area (Å²) < 4.78 is 13.5. The fraction of sp³-hybridized carbons (Fsp3) is 0.429. The zero-order chi connectivity index (χ0) is 14.7. The summed E-state index contributed by atoms with van der Waals surface area (Å²) in [7, 11) is 1.54. The summed E-state index contributed by atoms with van der Waals surface area (Å²) in [5, 5.41) is 2.56. The Morgan fingerprint density at radius 2 is 2.15 bits per heavy atom. The van der Waals surface area contributed by atoms with Gasteiger partial charge < -0.3 is 16.0 Å². The maximum absolute atomic E-state index is 13.5. The van der Waals surface area contributed by atoms with Crippen LogP contribution in [0.25, 0.3) is 0 Å². The van der Waals surface area contributed by atoms with Gasteiger partial charge in [0, 0.05) is 19.2 Å². The molecule has 3 N–H and O–H groups in total. The molecule has 0 aromatic heterocycles. The Labute approximate surface area is 116 Å². The molecule has 1 aliphatic heterocycles. The first kappa shape index (κ1) is 14.3. The smallest absolute Gasteiger partial charge is 0.254 e. The number of amides is 2.